The van der Waals surface area contributed by atoms with Crippen LogP contribution in [0.3, 0.4) is 0 Å². The molecular weight excluding hydrogens is 402 g/mol. The van der Waals surface area contributed by atoms with E-state index < -0.39 is 0 Å². The fraction of sp³-hybridized carbons (Fsp3) is 0.318. The third-order valence-corrected chi connectivity index (χ3v) is 5.50. The summed E-state index contributed by atoms with van der Waals surface area (Å²) in [5.41, 5.74) is 1.73. The second-order valence-corrected chi connectivity index (χ2v) is 7.47. The van der Waals surface area contributed by atoms with Gasteiger partial charge in [-0.05, 0) is 55.8 Å². The zero-order valence-electron chi connectivity index (χ0n) is 17.5. The summed E-state index contributed by atoms with van der Waals surface area (Å²) in [7, 11) is 3.21. The molecule has 2 aromatic carbocycles. The summed E-state index contributed by atoms with van der Waals surface area (Å²) in [6, 6.07) is 12.9. The van der Waals surface area contributed by atoms with Crippen LogP contribution in [-0.2, 0) is 13.2 Å². The topological polar surface area (TPSA) is 75.5 Å². The van der Waals surface area contributed by atoms with Crippen LogP contribution in [0.5, 0.6) is 17.2 Å². The lowest BCUT2D eigenvalue weighted by molar-refractivity contribution is 0.102. The van der Waals surface area contributed by atoms with Crippen LogP contribution in [0.2, 0.25) is 0 Å². The van der Waals surface area contributed by atoms with Gasteiger partial charge in [0, 0.05) is 12.1 Å². The third-order valence-electron chi connectivity index (χ3n) is 4.53. The number of hydrogen-bond acceptors (Lipinski definition) is 7. The fourth-order valence-corrected chi connectivity index (χ4v) is 3.79. The lowest BCUT2D eigenvalue weighted by atomic mass is 10.1. The molecule has 0 saturated heterocycles. The van der Waals surface area contributed by atoms with Gasteiger partial charge >= 0.3 is 0 Å². The molecule has 30 heavy (non-hydrogen) atoms. The Labute approximate surface area is 180 Å². The van der Waals surface area contributed by atoms with E-state index in [1.165, 1.54) is 11.8 Å². The van der Waals surface area contributed by atoms with Gasteiger partial charge in [0.05, 0.1) is 20.0 Å². The Balaban J connectivity index is 1.64. The highest BCUT2D eigenvalue weighted by Gasteiger charge is 2.15. The number of carbonyl (C=O) groups excluding carboxylic acids is 1. The number of Topliss-reactive ketones (excluding diaryl/α,β-unsaturated/α-hetero) is 1. The molecule has 0 spiro atoms. The quantitative estimate of drug-likeness (QED) is 0.355. The Morgan fingerprint density at radius 2 is 1.80 bits per heavy atom. The van der Waals surface area contributed by atoms with E-state index in [0.29, 0.717) is 34.6 Å². The van der Waals surface area contributed by atoms with Crippen LogP contribution in [0, 0.1) is 6.92 Å². The predicted molar refractivity (Wildman–Crippen MR) is 116 cm³/mol. The molecule has 8 heteroatoms. The van der Waals surface area contributed by atoms with Gasteiger partial charge in [-0.25, -0.2) is 0 Å². The number of ether oxygens (including phenoxy) is 3. The molecule has 0 aliphatic heterocycles. The molecule has 1 heterocycles. The molecule has 1 aromatic heterocycles. The number of thioether (sulfide) groups is 1. The summed E-state index contributed by atoms with van der Waals surface area (Å²) in [4.78, 5) is 12.5. The van der Waals surface area contributed by atoms with E-state index in [1.807, 2.05) is 36.6 Å². The van der Waals surface area contributed by atoms with E-state index in [1.54, 1.807) is 38.5 Å². The first-order valence-electron chi connectivity index (χ1n) is 9.55. The summed E-state index contributed by atoms with van der Waals surface area (Å²) >= 11 is 1.36. The number of methoxy groups -OCH3 is 2. The van der Waals surface area contributed by atoms with Gasteiger partial charge in [0.2, 0.25) is 0 Å². The smallest absolute Gasteiger partial charge is 0.191 e. The van der Waals surface area contributed by atoms with Crippen molar-refractivity contribution in [2.45, 2.75) is 32.2 Å². The van der Waals surface area contributed by atoms with Crippen LogP contribution in [-0.4, -0.2) is 40.5 Å². The number of rotatable bonds is 10. The van der Waals surface area contributed by atoms with Gasteiger partial charge < -0.3 is 18.8 Å². The Morgan fingerprint density at radius 3 is 2.47 bits per heavy atom. The van der Waals surface area contributed by atoms with Crippen molar-refractivity contribution >= 4 is 17.5 Å². The average molecular weight is 428 g/mol. The molecule has 3 aromatic rings. The minimum absolute atomic E-state index is 0.0236. The summed E-state index contributed by atoms with van der Waals surface area (Å²) in [5.74, 6) is 3.04. The molecular formula is C22H25N3O4S. The SMILES string of the molecule is CCn1c(COc2ccc(C)cc2OC)nnc1SCC(=O)c1ccc(OC)cc1. The maximum absolute atomic E-state index is 12.5. The van der Waals surface area contributed by atoms with Crippen molar-refractivity contribution in [2.75, 3.05) is 20.0 Å². The normalized spacial score (nSPS) is 10.7. The van der Waals surface area contributed by atoms with Crippen molar-refractivity contribution in [2.24, 2.45) is 0 Å². The van der Waals surface area contributed by atoms with Crippen molar-refractivity contribution in [3.63, 3.8) is 0 Å². The van der Waals surface area contributed by atoms with Gasteiger partial charge in [-0.1, -0.05) is 17.8 Å². The Bertz CT molecular complexity index is 1000. The molecule has 0 unspecified atom stereocenters. The first kappa shape index (κ1) is 21.7. The van der Waals surface area contributed by atoms with E-state index in [2.05, 4.69) is 10.2 Å². The van der Waals surface area contributed by atoms with Gasteiger partial charge in [0.15, 0.2) is 28.3 Å². The number of ketones is 1. The molecule has 0 bridgehead atoms. The molecule has 0 amide bonds. The highest BCUT2D eigenvalue weighted by atomic mass is 32.2. The monoisotopic (exact) mass is 427 g/mol. The third kappa shape index (κ3) is 5.13. The molecule has 7 nitrogen and oxygen atoms in total. The molecule has 0 aliphatic carbocycles. The van der Waals surface area contributed by atoms with Crippen molar-refractivity contribution in [3.05, 3.63) is 59.4 Å². The average Bonchev–Trinajstić information content (AvgIpc) is 3.18. The summed E-state index contributed by atoms with van der Waals surface area (Å²) in [6.07, 6.45) is 0. The van der Waals surface area contributed by atoms with Crippen LogP contribution < -0.4 is 14.2 Å². The number of aryl methyl sites for hydroxylation is 1. The van der Waals surface area contributed by atoms with E-state index >= 15 is 0 Å². The van der Waals surface area contributed by atoms with Crippen molar-refractivity contribution in [3.8, 4) is 17.2 Å². The van der Waals surface area contributed by atoms with Crippen LogP contribution in [0.15, 0.2) is 47.6 Å². The van der Waals surface area contributed by atoms with Crippen LogP contribution >= 0.6 is 11.8 Å². The van der Waals surface area contributed by atoms with Crippen molar-refractivity contribution in [1.29, 1.82) is 0 Å². The molecule has 0 fully saturated rings. The Hall–Kier alpha value is -3.00. The number of nitrogens with zero attached hydrogens (tertiary/aromatic N) is 3. The molecule has 0 aliphatic rings. The van der Waals surface area contributed by atoms with Crippen LogP contribution in [0.4, 0.5) is 0 Å². The standard InChI is InChI=1S/C22H25N3O4S/c1-5-25-21(13-29-19-11-6-15(2)12-20(19)28-4)23-24-22(25)30-14-18(26)16-7-9-17(27-3)10-8-16/h6-12H,5,13-14H2,1-4H3. The number of benzene rings is 2. The maximum atomic E-state index is 12.5. The summed E-state index contributed by atoms with van der Waals surface area (Å²) < 4.78 is 18.4. The summed E-state index contributed by atoms with van der Waals surface area (Å²) in [5, 5.41) is 9.18. The molecule has 0 radical (unpaired) electrons. The number of aromatic nitrogens is 3. The molecule has 0 N–H and O–H groups in total. The first-order chi connectivity index (χ1) is 14.5. The molecule has 0 atom stereocenters. The highest BCUT2D eigenvalue weighted by molar-refractivity contribution is 7.99. The van der Waals surface area contributed by atoms with Gasteiger partial charge in [-0.15, -0.1) is 10.2 Å². The molecule has 0 saturated carbocycles. The maximum Gasteiger partial charge on any atom is 0.191 e. The minimum atomic E-state index is 0.0236. The van der Waals surface area contributed by atoms with E-state index in [4.69, 9.17) is 14.2 Å². The predicted octanol–water partition coefficient (Wildman–Crippen LogP) is 4.18. The number of hydrogen-bond donors (Lipinski definition) is 0. The summed E-state index contributed by atoms with van der Waals surface area (Å²) in [6.45, 7) is 4.94. The van der Waals surface area contributed by atoms with Crippen LogP contribution in [0.1, 0.15) is 28.7 Å². The van der Waals surface area contributed by atoms with Gasteiger partial charge in [-0.2, -0.15) is 0 Å². The zero-order chi connectivity index (χ0) is 21.5. The van der Waals surface area contributed by atoms with E-state index in [-0.39, 0.29) is 18.1 Å². The molecule has 158 valence electrons. The first-order valence-corrected chi connectivity index (χ1v) is 10.5. The van der Waals surface area contributed by atoms with Gasteiger partial charge in [0.1, 0.15) is 12.4 Å². The fourth-order valence-electron chi connectivity index (χ4n) is 2.88. The number of carbonyl (C=O) groups is 1. The van der Waals surface area contributed by atoms with E-state index in [0.717, 1.165) is 11.3 Å². The second kappa shape index (κ2) is 10.2. The van der Waals surface area contributed by atoms with Crippen molar-refractivity contribution < 1.29 is 19.0 Å². The van der Waals surface area contributed by atoms with E-state index in [9.17, 15) is 4.79 Å². The largest absolute Gasteiger partial charge is 0.497 e. The minimum Gasteiger partial charge on any atom is -0.497 e. The second-order valence-electron chi connectivity index (χ2n) is 6.53. The Morgan fingerprint density at radius 1 is 1.03 bits per heavy atom. The van der Waals surface area contributed by atoms with Crippen LogP contribution in [0.25, 0.3) is 0 Å². The zero-order valence-corrected chi connectivity index (χ0v) is 18.4. The highest BCUT2D eigenvalue weighted by Crippen LogP contribution is 2.29. The van der Waals surface area contributed by atoms with Crippen molar-refractivity contribution in [1.82, 2.24) is 14.8 Å². The van der Waals surface area contributed by atoms with Gasteiger partial charge in [-0.3, -0.25) is 4.79 Å². The molecule has 3 rings (SSSR count). The Kier molecular flexibility index (Phi) is 7.35. The lowest BCUT2D eigenvalue weighted by Gasteiger charge is -2.12. The lowest BCUT2D eigenvalue weighted by Crippen LogP contribution is -2.09. The van der Waals surface area contributed by atoms with Gasteiger partial charge in [0.25, 0.3) is 0 Å².